The van der Waals surface area contributed by atoms with Crippen LogP contribution in [0.2, 0.25) is 0 Å². The van der Waals surface area contributed by atoms with Crippen LogP contribution >= 0.6 is 0 Å². The van der Waals surface area contributed by atoms with Gasteiger partial charge in [-0.25, -0.2) is 8.42 Å². The van der Waals surface area contributed by atoms with Gasteiger partial charge < -0.3 is 10.2 Å². The first-order valence-corrected chi connectivity index (χ1v) is 9.72. The fraction of sp³-hybridized carbons (Fsp3) is 0.643. The minimum Gasteiger partial charge on any atom is -0.334 e. The number of sulfone groups is 1. The molecule has 126 valence electrons. The van der Waals surface area contributed by atoms with E-state index in [1.165, 1.54) is 11.2 Å². The molecule has 1 atom stereocenters. The number of hydrogen-bond donors (Lipinski definition) is 1. The largest absolute Gasteiger partial charge is 0.334 e. The highest BCUT2D eigenvalue weighted by Crippen LogP contribution is 2.20. The van der Waals surface area contributed by atoms with E-state index in [1.54, 1.807) is 6.07 Å². The number of carbonyl (C=O) groups excluding carboxylic acids is 2. The van der Waals surface area contributed by atoms with Gasteiger partial charge in [-0.15, -0.1) is 0 Å². The van der Waals surface area contributed by atoms with Gasteiger partial charge >= 0.3 is 11.8 Å². The zero-order valence-corrected chi connectivity index (χ0v) is 13.8. The molecule has 2 amide bonds. The number of likely N-dealkylation sites (tertiary alicyclic amines) is 1. The predicted octanol–water partition coefficient (Wildman–Crippen LogP) is -0.339. The van der Waals surface area contributed by atoms with Crippen LogP contribution in [0, 0.1) is 5.92 Å². The summed E-state index contributed by atoms with van der Waals surface area (Å²) in [5.74, 6) is -1.01. The van der Waals surface area contributed by atoms with Crippen molar-refractivity contribution in [1.82, 2.24) is 14.7 Å². The summed E-state index contributed by atoms with van der Waals surface area (Å²) in [5, 5.41) is 6.77. The number of hydrogen-bond acceptors (Lipinski definition) is 5. The molecular weight excluding hydrogens is 320 g/mol. The molecule has 0 spiro atoms. The number of fused-ring (bicyclic) bond motifs is 1. The minimum atomic E-state index is -3.08. The zero-order chi connectivity index (χ0) is 16.6. The summed E-state index contributed by atoms with van der Waals surface area (Å²) in [7, 11) is -3.08. The summed E-state index contributed by atoms with van der Waals surface area (Å²) >= 11 is 0. The van der Waals surface area contributed by atoms with Crippen molar-refractivity contribution in [2.45, 2.75) is 25.8 Å². The second-order valence-electron chi connectivity index (χ2n) is 6.30. The van der Waals surface area contributed by atoms with Crippen LogP contribution in [0.1, 0.15) is 18.5 Å². The maximum Gasteiger partial charge on any atom is 0.315 e. The highest BCUT2D eigenvalue weighted by atomic mass is 32.2. The summed E-state index contributed by atoms with van der Waals surface area (Å²) in [5.41, 5.74) is 1.06. The Hall–Kier alpha value is -1.90. The summed E-state index contributed by atoms with van der Waals surface area (Å²) in [6.07, 6.45) is 3.76. The number of nitrogens with one attached hydrogen (secondary N) is 1. The quantitative estimate of drug-likeness (QED) is 0.759. The van der Waals surface area contributed by atoms with E-state index in [-0.39, 0.29) is 11.7 Å². The molecule has 2 aliphatic rings. The first kappa shape index (κ1) is 16.0. The lowest BCUT2D eigenvalue weighted by Crippen LogP contribution is -2.38. The number of nitrogens with zero attached hydrogens (tertiary/aromatic N) is 3. The Kier molecular flexibility index (Phi) is 4.13. The van der Waals surface area contributed by atoms with E-state index < -0.39 is 21.7 Å². The summed E-state index contributed by atoms with van der Waals surface area (Å²) in [4.78, 5) is 25.6. The molecule has 1 saturated heterocycles. The van der Waals surface area contributed by atoms with Gasteiger partial charge in [-0.05, 0) is 25.2 Å². The van der Waals surface area contributed by atoms with Crippen LogP contribution in [-0.2, 0) is 32.4 Å². The minimum absolute atomic E-state index is 0.0478. The molecule has 1 unspecified atom stereocenters. The average Bonchev–Trinajstić information content (AvgIpc) is 3.11. The maximum atomic E-state index is 12.2. The lowest BCUT2D eigenvalue weighted by molar-refractivity contribution is -0.142. The number of amides is 2. The zero-order valence-electron chi connectivity index (χ0n) is 13.0. The van der Waals surface area contributed by atoms with Crippen LogP contribution in [0.15, 0.2) is 6.07 Å². The van der Waals surface area contributed by atoms with Gasteiger partial charge in [0.1, 0.15) is 9.84 Å². The van der Waals surface area contributed by atoms with Crippen molar-refractivity contribution in [1.29, 1.82) is 0 Å². The molecule has 1 aromatic heterocycles. The Balaban J connectivity index is 1.56. The number of carbonyl (C=O) groups is 2. The van der Waals surface area contributed by atoms with Gasteiger partial charge in [0.15, 0.2) is 5.82 Å². The van der Waals surface area contributed by atoms with Gasteiger partial charge in [-0.1, -0.05) is 0 Å². The molecule has 0 bridgehead atoms. The summed E-state index contributed by atoms with van der Waals surface area (Å²) in [6.45, 7) is 1.55. The highest BCUT2D eigenvalue weighted by molar-refractivity contribution is 7.90. The van der Waals surface area contributed by atoms with E-state index in [9.17, 15) is 18.0 Å². The predicted molar refractivity (Wildman–Crippen MR) is 83.6 cm³/mol. The van der Waals surface area contributed by atoms with Crippen molar-refractivity contribution in [2.24, 2.45) is 5.92 Å². The SMILES string of the molecule is CS(=O)(=O)CC1CCN(C(=O)C(=O)Nc2cc3n(n2)CCC3)C1. The van der Waals surface area contributed by atoms with Crippen LogP contribution in [0.4, 0.5) is 5.82 Å². The Morgan fingerprint density at radius 1 is 1.39 bits per heavy atom. The van der Waals surface area contributed by atoms with E-state index in [1.807, 2.05) is 4.68 Å². The normalized spacial score (nSPS) is 20.6. The van der Waals surface area contributed by atoms with E-state index in [4.69, 9.17) is 0 Å². The van der Waals surface area contributed by atoms with Gasteiger partial charge in [0.05, 0.1) is 5.75 Å². The number of aromatic nitrogens is 2. The molecule has 0 aliphatic carbocycles. The molecule has 1 fully saturated rings. The van der Waals surface area contributed by atoms with Gasteiger partial charge in [-0.3, -0.25) is 14.3 Å². The molecule has 1 aromatic rings. The lowest BCUT2D eigenvalue weighted by Gasteiger charge is -2.15. The van der Waals surface area contributed by atoms with Gasteiger partial charge in [0, 0.05) is 37.7 Å². The van der Waals surface area contributed by atoms with E-state index in [2.05, 4.69) is 10.4 Å². The number of rotatable bonds is 3. The van der Waals surface area contributed by atoms with E-state index >= 15 is 0 Å². The fourth-order valence-electron chi connectivity index (χ4n) is 3.22. The van der Waals surface area contributed by atoms with Crippen LogP contribution < -0.4 is 5.32 Å². The summed E-state index contributed by atoms with van der Waals surface area (Å²) < 4.78 is 24.5. The lowest BCUT2D eigenvalue weighted by atomic mass is 10.2. The van der Waals surface area contributed by atoms with E-state index in [0.29, 0.717) is 25.3 Å². The fourth-order valence-corrected chi connectivity index (χ4v) is 4.34. The third kappa shape index (κ3) is 3.72. The van der Waals surface area contributed by atoms with Crippen molar-refractivity contribution in [3.63, 3.8) is 0 Å². The number of aryl methyl sites for hydroxylation is 2. The Morgan fingerprint density at radius 2 is 2.17 bits per heavy atom. The third-order valence-electron chi connectivity index (χ3n) is 4.21. The monoisotopic (exact) mass is 340 g/mol. The van der Waals surface area contributed by atoms with Crippen molar-refractivity contribution in [3.8, 4) is 0 Å². The average molecular weight is 340 g/mol. The topological polar surface area (TPSA) is 101 Å². The maximum absolute atomic E-state index is 12.2. The van der Waals surface area contributed by atoms with Crippen molar-refractivity contribution in [3.05, 3.63) is 11.8 Å². The molecule has 1 N–H and O–H groups in total. The molecule has 9 heteroatoms. The van der Waals surface area contributed by atoms with Crippen LogP contribution in [-0.4, -0.2) is 60.0 Å². The van der Waals surface area contributed by atoms with Crippen molar-refractivity contribution in [2.75, 3.05) is 30.4 Å². The van der Waals surface area contributed by atoms with Gasteiger partial charge in [0.2, 0.25) is 0 Å². The first-order valence-electron chi connectivity index (χ1n) is 7.66. The third-order valence-corrected chi connectivity index (χ3v) is 5.29. The molecule has 0 radical (unpaired) electrons. The molecule has 0 saturated carbocycles. The van der Waals surface area contributed by atoms with Crippen LogP contribution in [0.25, 0.3) is 0 Å². The van der Waals surface area contributed by atoms with Gasteiger partial charge in [-0.2, -0.15) is 5.10 Å². The van der Waals surface area contributed by atoms with E-state index in [0.717, 1.165) is 25.1 Å². The highest BCUT2D eigenvalue weighted by Gasteiger charge is 2.32. The first-order chi connectivity index (χ1) is 10.8. The van der Waals surface area contributed by atoms with Crippen LogP contribution in [0.3, 0.4) is 0 Å². The molecule has 23 heavy (non-hydrogen) atoms. The smallest absolute Gasteiger partial charge is 0.315 e. The molecule has 3 rings (SSSR count). The Bertz CT molecular complexity index is 718. The second-order valence-corrected chi connectivity index (χ2v) is 8.48. The number of anilines is 1. The van der Waals surface area contributed by atoms with Crippen LogP contribution in [0.5, 0.6) is 0 Å². The van der Waals surface area contributed by atoms with Gasteiger partial charge in [0.25, 0.3) is 0 Å². The molecule has 0 aromatic carbocycles. The standard InChI is InChI=1S/C14H20N4O4S/c1-23(21,22)9-10-4-6-17(8-10)14(20)13(19)15-12-7-11-3-2-5-18(11)16-12/h7,10H,2-6,8-9H2,1H3,(H,15,16,19). The van der Waals surface area contributed by atoms with Crippen molar-refractivity contribution < 1.29 is 18.0 Å². The molecule has 2 aliphatic heterocycles. The molecule has 8 nitrogen and oxygen atoms in total. The van der Waals surface area contributed by atoms with Crippen molar-refractivity contribution >= 4 is 27.5 Å². The Morgan fingerprint density at radius 3 is 2.87 bits per heavy atom. The molecular formula is C14H20N4O4S. The second kappa shape index (κ2) is 5.95. The Labute approximate surface area is 134 Å². The summed E-state index contributed by atoms with van der Waals surface area (Å²) in [6, 6.07) is 1.79. The molecule has 3 heterocycles.